The molecule has 1 aromatic rings. The summed E-state index contributed by atoms with van der Waals surface area (Å²) in [5.41, 5.74) is 1.76. The van der Waals surface area contributed by atoms with Crippen molar-refractivity contribution in [3.63, 3.8) is 0 Å². The largest absolute Gasteiger partial charge is 0.389 e. The van der Waals surface area contributed by atoms with Gasteiger partial charge in [-0.2, -0.15) is 13.2 Å². The fourth-order valence-corrected chi connectivity index (χ4v) is 2.46. The van der Waals surface area contributed by atoms with Gasteiger partial charge in [-0.3, -0.25) is 4.79 Å². The Balaban J connectivity index is 2.67. The third-order valence-corrected chi connectivity index (χ3v) is 3.06. The van der Waals surface area contributed by atoms with Gasteiger partial charge >= 0.3 is 6.18 Å². The molecule has 0 spiro atoms. The highest BCUT2D eigenvalue weighted by molar-refractivity contribution is 9.10. The quantitative estimate of drug-likeness (QED) is 0.772. The van der Waals surface area contributed by atoms with Gasteiger partial charge in [0.1, 0.15) is 5.78 Å². The molecule has 0 N–H and O–H groups in total. The summed E-state index contributed by atoms with van der Waals surface area (Å²) in [6.45, 7) is 0.711. The molecular formula is C14H17BrF3NO. The van der Waals surface area contributed by atoms with E-state index in [0.29, 0.717) is 6.54 Å². The zero-order valence-corrected chi connectivity index (χ0v) is 13.0. The summed E-state index contributed by atoms with van der Waals surface area (Å²) in [7, 11) is 3.85. The minimum Gasteiger partial charge on any atom is -0.305 e. The third-order valence-electron chi connectivity index (χ3n) is 2.60. The van der Waals surface area contributed by atoms with Gasteiger partial charge in [-0.05, 0) is 37.4 Å². The molecule has 0 saturated heterocycles. The van der Waals surface area contributed by atoms with Crippen LogP contribution in [0, 0.1) is 0 Å². The summed E-state index contributed by atoms with van der Waals surface area (Å²) >= 11 is 3.35. The van der Waals surface area contributed by atoms with Gasteiger partial charge in [0.25, 0.3) is 0 Å². The molecule has 0 radical (unpaired) electrons. The van der Waals surface area contributed by atoms with E-state index in [-0.39, 0.29) is 6.42 Å². The first kappa shape index (κ1) is 17.2. The molecule has 0 saturated carbocycles. The van der Waals surface area contributed by atoms with E-state index < -0.39 is 24.8 Å². The molecule has 1 rings (SSSR count). The van der Waals surface area contributed by atoms with E-state index in [4.69, 9.17) is 0 Å². The summed E-state index contributed by atoms with van der Waals surface area (Å²) in [5.74, 6) is -0.392. The van der Waals surface area contributed by atoms with E-state index in [2.05, 4.69) is 15.9 Å². The monoisotopic (exact) mass is 351 g/mol. The van der Waals surface area contributed by atoms with Crippen LogP contribution >= 0.6 is 15.9 Å². The van der Waals surface area contributed by atoms with Crippen molar-refractivity contribution in [2.45, 2.75) is 32.0 Å². The smallest absolute Gasteiger partial charge is 0.305 e. The Kier molecular flexibility index (Phi) is 6.20. The number of carbonyl (C=O) groups excluding carboxylic acids is 1. The SMILES string of the molecule is CN(C)Cc1cc(Br)cc(CC(=O)CCC(F)(F)F)c1. The van der Waals surface area contributed by atoms with Crippen LogP contribution in [0.25, 0.3) is 0 Å². The van der Waals surface area contributed by atoms with Crippen molar-refractivity contribution < 1.29 is 18.0 Å². The molecule has 0 aliphatic heterocycles. The van der Waals surface area contributed by atoms with E-state index in [9.17, 15) is 18.0 Å². The van der Waals surface area contributed by atoms with Gasteiger partial charge in [-0.1, -0.05) is 22.0 Å². The molecule has 6 heteroatoms. The molecule has 0 heterocycles. The molecule has 0 amide bonds. The predicted molar refractivity (Wildman–Crippen MR) is 75.5 cm³/mol. The van der Waals surface area contributed by atoms with Gasteiger partial charge in [-0.15, -0.1) is 0 Å². The van der Waals surface area contributed by atoms with Crippen LogP contribution in [0.5, 0.6) is 0 Å². The first-order chi connectivity index (χ1) is 9.15. The molecule has 2 nitrogen and oxygen atoms in total. The second kappa shape index (κ2) is 7.22. The predicted octanol–water partition coefficient (Wildman–Crippen LogP) is 3.96. The van der Waals surface area contributed by atoms with Crippen LogP contribution in [0.3, 0.4) is 0 Å². The molecule has 0 aromatic heterocycles. The Labute approximate surface area is 125 Å². The Hall–Kier alpha value is -0.880. The lowest BCUT2D eigenvalue weighted by molar-refractivity contribution is -0.143. The minimum absolute atomic E-state index is 0.0376. The van der Waals surface area contributed by atoms with Crippen LogP contribution in [0.1, 0.15) is 24.0 Å². The maximum atomic E-state index is 12.1. The number of rotatable bonds is 6. The molecule has 0 fully saturated rings. The molecule has 112 valence electrons. The summed E-state index contributed by atoms with van der Waals surface area (Å²) in [6.07, 6.45) is -5.75. The van der Waals surface area contributed by atoms with Gasteiger partial charge < -0.3 is 4.90 Å². The maximum absolute atomic E-state index is 12.1. The molecular weight excluding hydrogens is 335 g/mol. The Morgan fingerprint density at radius 1 is 1.20 bits per heavy atom. The number of ketones is 1. The van der Waals surface area contributed by atoms with Crippen molar-refractivity contribution in [1.29, 1.82) is 0 Å². The van der Waals surface area contributed by atoms with Crippen molar-refractivity contribution in [2.75, 3.05) is 14.1 Å². The lowest BCUT2D eigenvalue weighted by Gasteiger charge is -2.12. The van der Waals surface area contributed by atoms with Crippen LogP contribution in [0.2, 0.25) is 0 Å². The molecule has 0 unspecified atom stereocenters. The van der Waals surface area contributed by atoms with Crippen LogP contribution in [-0.2, 0) is 17.8 Å². The van der Waals surface area contributed by atoms with Crippen LogP contribution in [-0.4, -0.2) is 31.0 Å². The van der Waals surface area contributed by atoms with Crippen molar-refractivity contribution in [1.82, 2.24) is 4.90 Å². The summed E-state index contributed by atoms with van der Waals surface area (Å²) in [4.78, 5) is 13.6. The number of alkyl halides is 3. The highest BCUT2D eigenvalue weighted by atomic mass is 79.9. The Bertz CT molecular complexity index is 472. The van der Waals surface area contributed by atoms with Gasteiger partial charge in [0.2, 0.25) is 0 Å². The Morgan fingerprint density at radius 2 is 1.80 bits per heavy atom. The highest BCUT2D eigenvalue weighted by Gasteiger charge is 2.27. The van der Waals surface area contributed by atoms with Crippen LogP contribution < -0.4 is 0 Å². The van der Waals surface area contributed by atoms with Gasteiger partial charge in [0, 0.05) is 23.9 Å². The molecule has 0 bridgehead atoms. The topological polar surface area (TPSA) is 20.3 Å². The zero-order chi connectivity index (χ0) is 15.3. The minimum atomic E-state index is -4.27. The standard InChI is InChI=1S/C14H17BrF3NO/c1-19(2)9-11-5-10(6-12(15)7-11)8-13(20)3-4-14(16,17)18/h5-7H,3-4,8-9H2,1-2H3. The lowest BCUT2D eigenvalue weighted by atomic mass is 10.0. The average Bonchev–Trinajstić information content (AvgIpc) is 2.23. The van der Waals surface area contributed by atoms with Crippen molar-refractivity contribution >= 4 is 21.7 Å². The number of hydrogen-bond donors (Lipinski definition) is 0. The van der Waals surface area contributed by atoms with Crippen LogP contribution in [0.15, 0.2) is 22.7 Å². The molecule has 0 aliphatic rings. The second-order valence-corrected chi connectivity index (χ2v) is 5.95. The number of carbonyl (C=O) groups is 1. The zero-order valence-electron chi connectivity index (χ0n) is 11.4. The maximum Gasteiger partial charge on any atom is 0.389 e. The number of Topliss-reactive ketones (excluding diaryl/α,β-unsaturated/α-hetero) is 1. The molecule has 0 atom stereocenters. The third kappa shape index (κ3) is 7.05. The molecule has 20 heavy (non-hydrogen) atoms. The van der Waals surface area contributed by atoms with Crippen LogP contribution in [0.4, 0.5) is 13.2 Å². The highest BCUT2D eigenvalue weighted by Crippen LogP contribution is 2.23. The summed E-state index contributed by atoms with van der Waals surface area (Å²) < 4.78 is 37.0. The fourth-order valence-electron chi connectivity index (χ4n) is 1.87. The second-order valence-electron chi connectivity index (χ2n) is 5.04. The first-order valence-corrected chi connectivity index (χ1v) is 6.96. The van der Waals surface area contributed by atoms with E-state index in [1.54, 1.807) is 6.07 Å². The van der Waals surface area contributed by atoms with Crippen molar-refractivity contribution in [3.05, 3.63) is 33.8 Å². The number of nitrogens with zero attached hydrogens (tertiary/aromatic N) is 1. The number of halogens is 4. The number of hydrogen-bond acceptors (Lipinski definition) is 2. The van der Waals surface area contributed by atoms with E-state index in [1.807, 2.05) is 31.1 Å². The fraction of sp³-hybridized carbons (Fsp3) is 0.500. The van der Waals surface area contributed by atoms with E-state index in [1.165, 1.54) is 0 Å². The van der Waals surface area contributed by atoms with E-state index in [0.717, 1.165) is 15.6 Å². The van der Waals surface area contributed by atoms with Gasteiger partial charge in [-0.25, -0.2) is 0 Å². The normalized spacial score (nSPS) is 11.9. The van der Waals surface area contributed by atoms with Crippen molar-refractivity contribution in [3.8, 4) is 0 Å². The summed E-state index contributed by atoms with van der Waals surface area (Å²) in [6, 6.07) is 5.56. The van der Waals surface area contributed by atoms with Gasteiger partial charge in [0.15, 0.2) is 0 Å². The van der Waals surface area contributed by atoms with Gasteiger partial charge in [0.05, 0.1) is 6.42 Å². The summed E-state index contributed by atoms with van der Waals surface area (Å²) in [5, 5.41) is 0. The number of benzene rings is 1. The molecule has 1 aromatic carbocycles. The Morgan fingerprint density at radius 3 is 2.35 bits per heavy atom. The average molecular weight is 352 g/mol. The van der Waals surface area contributed by atoms with Crippen molar-refractivity contribution in [2.24, 2.45) is 0 Å². The first-order valence-electron chi connectivity index (χ1n) is 6.17. The molecule has 0 aliphatic carbocycles. The lowest BCUT2D eigenvalue weighted by Crippen LogP contribution is -2.13. The van der Waals surface area contributed by atoms with E-state index >= 15 is 0 Å².